The third-order valence-electron chi connectivity index (χ3n) is 1.91. The SMILES string of the molecule is CCNCC[NH+](CC)CC. The second kappa shape index (κ2) is 7.03. The lowest BCUT2D eigenvalue weighted by molar-refractivity contribution is -0.895. The van der Waals surface area contributed by atoms with Crippen molar-refractivity contribution in [3.05, 3.63) is 0 Å². The summed E-state index contributed by atoms with van der Waals surface area (Å²) in [5.41, 5.74) is 0. The first kappa shape index (κ1) is 9.92. The van der Waals surface area contributed by atoms with Gasteiger partial charge in [-0.05, 0) is 20.4 Å². The van der Waals surface area contributed by atoms with Crippen molar-refractivity contribution >= 4 is 0 Å². The van der Waals surface area contributed by atoms with E-state index in [1.165, 1.54) is 19.6 Å². The average Bonchev–Trinajstić information content (AvgIpc) is 1.99. The molecule has 0 bridgehead atoms. The fraction of sp³-hybridized carbons (Fsp3) is 1.00. The Morgan fingerprint density at radius 1 is 1.10 bits per heavy atom. The van der Waals surface area contributed by atoms with Crippen molar-refractivity contribution < 1.29 is 4.90 Å². The molecule has 2 heteroatoms. The number of rotatable bonds is 6. The summed E-state index contributed by atoms with van der Waals surface area (Å²) in [5, 5.41) is 3.33. The molecule has 0 saturated heterocycles. The van der Waals surface area contributed by atoms with E-state index in [2.05, 4.69) is 26.1 Å². The third-order valence-corrected chi connectivity index (χ3v) is 1.91. The summed E-state index contributed by atoms with van der Waals surface area (Å²) >= 11 is 0. The van der Waals surface area contributed by atoms with Crippen LogP contribution in [0.2, 0.25) is 0 Å². The largest absolute Gasteiger partial charge is 0.334 e. The molecule has 0 aromatic carbocycles. The zero-order valence-electron chi connectivity index (χ0n) is 7.54. The maximum absolute atomic E-state index is 3.33. The maximum Gasteiger partial charge on any atom is 0.0897 e. The Morgan fingerprint density at radius 2 is 1.70 bits per heavy atom. The molecular formula is C8H21N2+. The summed E-state index contributed by atoms with van der Waals surface area (Å²) in [6.07, 6.45) is 0. The van der Waals surface area contributed by atoms with Gasteiger partial charge in [0.25, 0.3) is 0 Å². The van der Waals surface area contributed by atoms with Gasteiger partial charge in [0.2, 0.25) is 0 Å². The first-order chi connectivity index (χ1) is 4.85. The van der Waals surface area contributed by atoms with Gasteiger partial charge in [-0.1, -0.05) is 6.92 Å². The van der Waals surface area contributed by atoms with Crippen molar-refractivity contribution in [2.24, 2.45) is 0 Å². The zero-order valence-corrected chi connectivity index (χ0v) is 7.54. The van der Waals surface area contributed by atoms with E-state index in [4.69, 9.17) is 0 Å². The minimum absolute atomic E-state index is 1.10. The number of nitrogens with one attached hydrogen (secondary N) is 2. The number of hydrogen-bond acceptors (Lipinski definition) is 1. The van der Waals surface area contributed by atoms with Crippen LogP contribution < -0.4 is 10.2 Å². The number of quaternary nitrogens is 1. The molecule has 0 amide bonds. The molecule has 0 aromatic heterocycles. The highest BCUT2D eigenvalue weighted by Gasteiger charge is 1.98. The molecule has 2 nitrogen and oxygen atoms in total. The highest BCUT2D eigenvalue weighted by Crippen LogP contribution is 1.54. The molecule has 2 N–H and O–H groups in total. The summed E-state index contributed by atoms with van der Waals surface area (Å²) in [5.74, 6) is 0. The fourth-order valence-corrected chi connectivity index (χ4v) is 1.05. The monoisotopic (exact) mass is 145 g/mol. The molecule has 0 aliphatic heterocycles. The van der Waals surface area contributed by atoms with Gasteiger partial charge >= 0.3 is 0 Å². The van der Waals surface area contributed by atoms with E-state index < -0.39 is 0 Å². The van der Waals surface area contributed by atoms with Crippen LogP contribution in [0.1, 0.15) is 20.8 Å². The number of hydrogen-bond donors (Lipinski definition) is 2. The van der Waals surface area contributed by atoms with Crippen LogP contribution in [0.3, 0.4) is 0 Å². The Morgan fingerprint density at radius 3 is 2.10 bits per heavy atom. The van der Waals surface area contributed by atoms with E-state index in [1.54, 1.807) is 4.90 Å². The fourth-order valence-electron chi connectivity index (χ4n) is 1.05. The Kier molecular flexibility index (Phi) is 6.98. The quantitative estimate of drug-likeness (QED) is 0.483. The first-order valence-corrected chi connectivity index (χ1v) is 4.39. The van der Waals surface area contributed by atoms with Crippen LogP contribution in [-0.4, -0.2) is 32.7 Å². The topological polar surface area (TPSA) is 16.5 Å². The predicted octanol–water partition coefficient (Wildman–Crippen LogP) is -0.479. The molecule has 0 aliphatic carbocycles. The minimum Gasteiger partial charge on any atom is -0.334 e. The van der Waals surface area contributed by atoms with Crippen LogP contribution in [0, 0.1) is 0 Å². The second-order valence-electron chi connectivity index (χ2n) is 2.56. The molecule has 0 fully saturated rings. The van der Waals surface area contributed by atoms with Crippen LogP contribution in [-0.2, 0) is 0 Å². The smallest absolute Gasteiger partial charge is 0.0897 e. The van der Waals surface area contributed by atoms with Gasteiger partial charge in [0.1, 0.15) is 0 Å². The third kappa shape index (κ3) is 4.77. The molecule has 0 rings (SSSR count). The molecule has 0 spiro atoms. The Hall–Kier alpha value is -0.0800. The molecule has 0 heterocycles. The van der Waals surface area contributed by atoms with Gasteiger partial charge in [-0.3, -0.25) is 0 Å². The maximum atomic E-state index is 3.33. The van der Waals surface area contributed by atoms with E-state index in [-0.39, 0.29) is 0 Å². The van der Waals surface area contributed by atoms with Crippen LogP contribution in [0.5, 0.6) is 0 Å². The summed E-state index contributed by atoms with van der Waals surface area (Å²) in [7, 11) is 0. The van der Waals surface area contributed by atoms with Crippen molar-refractivity contribution in [1.82, 2.24) is 5.32 Å². The molecular weight excluding hydrogens is 124 g/mol. The lowest BCUT2D eigenvalue weighted by atomic mass is 10.4. The number of likely N-dealkylation sites (N-methyl/N-ethyl adjacent to an activating group) is 2. The van der Waals surface area contributed by atoms with Gasteiger partial charge in [-0.15, -0.1) is 0 Å². The molecule has 0 radical (unpaired) electrons. The van der Waals surface area contributed by atoms with Crippen molar-refractivity contribution in [2.45, 2.75) is 20.8 Å². The summed E-state index contributed by atoms with van der Waals surface area (Å²) in [6, 6.07) is 0. The zero-order chi connectivity index (χ0) is 7.82. The van der Waals surface area contributed by atoms with Crippen LogP contribution >= 0.6 is 0 Å². The van der Waals surface area contributed by atoms with E-state index in [1.807, 2.05) is 0 Å². The lowest BCUT2D eigenvalue weighted by Gasteiger charge is -2.14. The molecule has 0 aromatic rings. The molecule has 0 atom stereocenters. The molecule has 0 saturated carbocycles. The highest BCUT2D eigenvalue weighted by atomic mass is 15.1. The summed E-state index contributed by atoms with van der Waals surface area (Å²) in [4.78, 5) is 1.68. The molecule has 62 valence electrons. The Balaban J connectivity index is 3.09. The standard InChI is InChI=1S/C8H20N2/c1-4-9-7-8-10(5-2)6-3/h9H,4-8H2,1-3H3/p+1. The summed E-state index contributed by atoms with van der Waals surface area (Å²) in [6.45, 7) is 12.7. The van der Waals surface area contributed by atoms with Crippen LogP contribution in [0.4, 0.5) is 0 Å². The van der Waals surface area contributed by atoms with Crippen molar-refractivity contribution in [2.75, 3.05) is 32.7 Å². The average molecular weight is 145 g/mol. The normalized spacial score (nSPS) is 10.8. The van der Waals surface area contributed by atoms with Gasteiger partial charge in [0, 0.05) is 6.54 Å². The summed E-state index contributed by atoms with van der Waals surface area (Å²) < 4.78 is 0. The van der Waals surface area contributed by atoms with Crippen molar-refractivity contribution in [3.63, 3.8) is 0 Å². The van der Waals surface area contributed by atoms with E-state index in [9.17, 15) is 0 Å². The molecule has 10 heavy (non-hydrogen) atoms. The second-order valence-corrected chi connectivity index (χ2v) is 2.56. The van der Waals surface area contributed by atoms with Crippen LogP contribution in [0.25, 0.3) is 0 Å². The van der Waals surface area contributed by atoms with Gasteiger partial charge in [0.15, 0.2) is 0 Å². The van der Waals surface area contributed by atoms with Crippen molar-refractivity contribution in [3.8, 4) is 0 Å². The highest BCUT2D eigenvalue weighted by molar-refractivity contribution is 4.37. The predicted molar refractivity (Wildman–Crippen MR) is 45.5 cm³/mol. The lowest BCUT2D eigenvalue weighted by Crippen LogP contribution is -3.12. The van der Waals surface area contributed by atoms with E-state index in [0.717, 1.165) is 13.1 Å². The van der Waals surface area contributed by atoms with Gasteiger partial charge in [-0.25, -0.2) is 0 Å². The van der Waals surface area contributed by atoms with Gasteiger partial charge in [-0.2, -0.15) is 0 Å². The first-order valence-electron chi connectivity index (χ1n) is 4.39. The minimum atomic E-state index is 1.10. The van der Waals surface area contributed by atoms with Crippen molar-refractivity contribution in [1.29, 1.82) is 0 Å². The van der Waals surface area contributed by atoms with Crippen LogP contribution in [0.15, 0.2) is 0 Å². The van der Waals surface area contributed by atoms with Gasteiger partial charge in [0.05, 0.1) is 19.6 Å². The van der Waals surface area contributed by atoms with E-state index in [0.29, 0.717) is 0 Å². The Bertz CT molecular complexity index is 60.3. The Labute approximate surface area is 64.6 Å². The molecule has 0 aliphatic rings. The van der Waals surface area contributed by atoms with Gasteiger partial charge < -0.3 is 10.2 Å². The van der Waals surface area contributed by atoms with E-state index >= 15 is 0 Å². The molecule has 0 unspecified atom stereocenters.